The van der Waals surface area contributed by atoms with Crippen molar-refractivity contribution in [2.45, 2.75) is 53.9 Å². The minimum absolute atomic E-state index is 0.447. The molecule has 0 saturated heterocycles. The molecule has 1 heteroatoms. The van der Waals surface area contributed by atoms with Gasteiger partial charge in [-0.3, -0.25) is 4.99 Å². The van der Waals surface area contributed by atoms with E-state index in [1.54, 1.807) is 0 Å². The molecule has 0 heterocycles. The molecule has 0 aliphatic rings. The third-order valence-corrected chi connectivity index (χ3v) is 1.84. The Morgan fingerprint density at radius 2 is 1.83 bits per heavy atom. The molecule has 0 spiro atoms. The van der Waals surface area contributed by atoms with E-state index in [1.807, 2.05) is 0 Å². The van der Waals surface area contributed by atoms with E-state index in [1.165, 1.54) is 12.1 Å². The summed E-state index contributed by atoms with van der Waals surface area (Å²) in [5.41, 5.74) is 1.76. The second-order valence-electron chi connectivity index (χ2n) is 4.68. The fraction of sp³-hybridized carbons (Fsp3) is 0.909. The molecule has 0 aromatic carbocycles. The summed E-state index contributed by atoms with van der Waals surface area (Å²) in [6.07, 6.45) is 3.56. The van der Waals surface area contributed by atoms with Gasteiger partial charge in [0.15, 0.2) is 0 Å². The summed E-state index contributed by atoms with van der Waals surface area (Å²) in [5, 5.41) is 0. The van der Waals surface area contributed by atoms with Crippen LogP contribution in [-0.4, -0.2) is 12.3 Å². The molecular formula is C11H23N. The van der Waals surface area contributed by atoms with Crippen LogP contribution < -0.4 is 0 Å². The smallest absolute Gasteiger partial charge is 0.0385 e. The summed E-state index contributed by atoms with van der Waals surface area (Å²) >= 11 is 0. The summed E-state index contributed by atoms with van der Waals surface area (Å²) in [6.45, 7) is 12.1. The predicted octanol–water partition coefficient (Wildman–Crippen LogP) is 3.68. The Kier molecular flexibility index (Phi) is 5.19. The normalized spacial score (nSPS) is 13.6. The maximum absolute atomic E-state index is 4.46. The quantitative estimate of drug-likeness (QED) is 0.569. The average molecular weight is 169 g/mol. The molecular weight excluding hydrogens is 146 g/mol. The Morgan fingerprint density at radius 3 is 2.25 bits per heavy atom. The third-order valence-electron chi connectivity index (χ3n) is 1.84. The van der Waals surface area contributed by atoms with Crippen LogP contribution in [0, 0.1) is 5.41 Å². The van der Waals surface area contributed by atoms with Gasteiger partial charge >= 0.3 is 0 Å². The van der Waals surface area contributed by atoms with Crippen LogP contribution in [0.3, 0.4) is 0 Å². The summed E-state index contributed by atoms with van der Waals surface area (Å²) < 4.78 is 0. The van der Waals surface area contributed by atoms with E-state index in [0.29, 0.717) is 5.41 Å². The maximum atomic E-state index is 4.46. The number of aliphatic imine (C=N–C) groups is 1. The second kappa shape index (κ2) is 5.34. The zero-order valence-electron chi connectivity index (χ0n) is 9.28. The molecule has 0 amide bonds. The van der Waals surface area contributed by atoms with Gasteiger partial charge in [0.2, 0.25) is 0 Å². The van der Waals surface area contributed by atoms with Crippen molar-refractivity contribution in [2.24, 2.45) is 10.4 Å². The van der Waals surface area contributed by atoms with Crippen LogP contribution in [-0.2, 0) is 0 Å². The molecule has 0 unspecified atom stereocenters. The van der Waals surface area contributed by atoms with Gasteiger partial charge in [-0.05, 0) is 31.6 Å². The predicted molar refractivity (Wildman–Crippen MR) is 57.0 cm³/mol. The molecule has 0 rings (SSSR count). The summed E-state index contributed by atoms with van der Waals surface area (Å²) in [5.74, 6) is 0. The standard InChI is InChI=1S/C11H23N/c1-6-9-12-10(2)7-8-11(3,4)5/h6-9H2,1-5H3. The molecule has 72 valence electrons. The lowest BCUT2D eigenvalue weighted by atomic mass is 9.90. The molecule has 0 fully saturated rings. The lowest BCUT2D eigenvalue weighted by Gasteiger charge is -2.17. The summed E-state index contributed by atoms with van der Waals surface area (Å²) in [7, 11) is 0. The Balaban J connectivity index is 3.63. The maximum Gasteiger partial charge on any atom is 0.0385 e. The Hall–Kier alpha value is -0.330. The molecule has 1 nitrogen and oxygen atoms in total. The van der Waals surface area contributed by atoms with Crippen LogP contribution in [0.4, 0.5) is 0 Å². The van der Waals surface area contributed by atoms with Gasteiger partial charge in [0, 0.05) is 12.3 Å². The summed E-state index contributed by atoms with van der Waals surface area (Å²) in [4.78, 5) is 4.46. The molecule has 0 N–H and O–H groups in total. The molecule has 0 bridgehead atoms. The number of hydrogen-bond donors (Lipinski definition) is 0. The van der Waals surface area contributed by atoms with Gasteiger partial charge in [-0.15, -0.1) is 0 Å². The minimum Gasteiger partial charge on any atom is -0.294 e. The van der Waals surface area contributed by atoms with Crippen LogP contribution in [0.25, 0.3) is 0 Å². The topological polar surface area (TPSA) is 12.4 Å². The van der Waals surface area contributed by atoms with Crippen molar-refractivity contribution in [3.63, 3.8) is 0 Å². The van der Waals surface area contributed by atoms with E-state index in [0.717, 1.165) is 19.4 Å². The molecule has 0 aliphatic heterocycles. The minimum atomic E-state index is 0.447. The van der Waals surface area contributed by atoms with Crippen molar-refractivity contribution in [2.75, 3.05) is 6.54 Å². The summed E-state index contributed by atoms with van der Waals surface area (Å²) in [6, 6.07) is 0. The van der Waals surface area contributed by atoms with Crippen LogP contribution in [0.2, 0.25) is 0 Å². The first kappa shape index (κ1) is 11.7. The molecule has 0 radical (unpaired) electrons. The Morgan fingerprint density at radius 1 is 1.25 bits per heavy atom. The number of nitrogens with zero attached hydrogens (tertiary/aromatic N) is 1. The van der Waals surface area contributed by atoms with Gasteiger partial charge in [0.05, 0.1) is 0 Å². The SMILES string of the molecule is CCCN=C(C)CCC(C)(C)C. The van der Waals surface area contributed by atoms with Crippen molar-refractivity contribution in [3.05, 3.63) is 0 Å². The van der Waals surface area contributed by atoms with Gasteiger partial charge in [-0.25, -0.2) is 0 Å². The molecule has 0 aromatic heterocycles. The second-order valence-corrected chi connectivity index (χ2v) is 4.68. The van der Waals surface area contributed by atoms with Crippen LogP contribution in [0.5, 0.6) is 0 Å². The largest absolute Gasteiger partial charge is 0.294 e. The third kappa shape index (κ3) is 7.77. The van der Waals surface area contributed by atoms with Crippen molar-refractivity contribution in [1.29, 1.82) is 0 Å². The van der Waals surface area contributed by atoms with Gasteiger partial charge < -0.3 is 0 Å². The van der Waals surface area contributed by atoms with Gasteiger partial charge in [0.25, 0.3) is 0 Å². The molecule has 12 heavy (non-hydrogen) atoms. The van der Waals surface area contributed by atoms with E-state index >= 15 is 0 Å². The lowest BCUT2D eigenvalue weighted by Crippen LogP contribution is -2.07. The van der Waals surface area contributed by atoms with E-state index in [2.05, 4.69) is 39.6 Å². The fourth-order valence-corrected chi connectivity index (χ4v) is 0.938. The molecule has 0 atom stereocenters. The molecule has 0 aromatic rings. The monoisotopic (exact) mass is 169 g/mol. The fourth-order valence-electron chi connectivity index (χ4n) is 0.938. The molecule has 0 aliphatic carbocycles. The average Bonchev–Trinajstić information content (AvgIpc) is 1.95. The number of rotatable bonds is 4. The first-order valence-corrected chi connectivity index (χ1v) is 4.95. The molecule has 0 saturated carbocycles. The van der Waals surface area contributed by atoms with Crippen LogP contribution in [0.15, 0.2) is 4.99 Å². The van der Waals surface area contributed by atoms with E-state index in [-0.39, 0.29) is 0 Å². The first-order chi connectivity index (χ1) is 5.45. The van der Waals surface area contributed by atoms with Crippen molar-refractivity contribution < 1.29 is 0 Å². The zero-order chi connectivity index (χ0) is 9.61. The van der Waals surface area contributed by atoms with Crippen molar-refractivity contribution >= 4 is 5.71 Å². The Bertz CT molecular complexity index is 140. The van der Waals surface area contributed by atoms with Crippen LogP contribution >= 0.6 is 0 Å². The van der Waals surface area contributed by atoms with Gasteiger partial charge in [-0.1, -0.05) is 27.7 Å². The van der Waals surface area contributed by atoms with E-state index in [4.69, 9.17) is 0 Å². The van der Waals surface area contributed by atoms with Crippen molar-refractivity contribution in [1.82, 2.24) is 0 Å². The van der Waals surface area contributed by atoms with Gasteiger partial charge in [0.1, 0.15) is 0 Å². The highest BCUT2D eigenvalue weighted by Gasteiger charge is 2.09. The zero-order valence-corrected chi connectivity index (χ0v) is 9.28. The van der Waals surface area contributed by atoms with Crippen molar-refractivity contribution in [3.8, 4) is 0 Å². The highest BCUT2D eigenvalue weighted by molar-refractivity contribution is 5.81. The Labute approximate surface area is 77.3 Å². The van der Waals surface area contributed by atoms with Crippen LogP contribution in [0.1, 0.15) is 53.9 Å². The van der Waals surface area contributed by atoms with Gasteiger partial charge in [-0.2, -0.15) is 0 Å². The highest BCUT2D eigenvalue weighted by atomic mass is 14.7. The highest BCUT2D eigenvalue weighted by Crippen LogP contribution is 2.20. The number of hydrogen-bond acceptors (Lipinski definition) is 1. The van der Waals surface area contributed by atoms with E-state index in [9.17, 15) is 0 Å². The first-order valence-electron chi connectivity index (χ1n) is 4.95. The van der Waals surface area contributed by atoms with E-state index < -0.39 is 0 Å². The lowest BCUT2D eigenvalue weighted by molar-refractivity contribution is 0.386.